The lowest BCUT2D eigenvalue weighted by Crippen LogP contribution is -2.41. The van der Waals surface area contributed by atoms with Crippen LogP contribution in [-0.4, -0.2) is 18.8 Å². The van der Waals surface area contributed by atoms with Gasteiger partial charge in [0.2, 0.25) is 0 Å². The monoisotopic (exact) mass is 259 g/mol. The number of halogens is 6. The van der Waals surface area contributed by atoms with E-state index in [1.54, 1.807) is 0 Å². The predicted molar refractivity (Wildman–Crippen MR) is 42.9 cm³/mol. The fraction of sp³-hybridized carbons (Fsp3) is 0.333. The smallest absolute Gasteiger partial charge is 0.429 e. The van der Waals surface area contributed by atoms with Crippen LogP contribution in [0.15, 0.2) is 24.3 Å². The molecule has 1 unspecified atom stereocenters. The standard InChI is InChI=1S/C9H5F6O2/c10-7(17-9(13,14)15)8(11,12)16-6-4-2-1-3-5-6/h2-5,7H. The number of ether oxygens (including phenoxy) is 2. The molecule has 1 aromatic carbocycles. The van der Waals surface area contributed by atoms with E-state index in [-0.39, 0.29) is 0 Å². The van der Waals surface area contributed by atoms with Gasteiger partial charge in [0.1, 0.15) is 5.75 Å². The van der Waals surface area contributed by atoms with Crippen molar-refractivity contribution >= 4 is 0 Å². The molecule has 0 aliphatic rings. The van der Waals surface area contributed by atoms with Crippen LogP contribution in [0, 0.1) is 6.07 Å². The molecule has 1 aromatic rings. The van der Waals surface area contributed by atoms with E-state index in [1.165, 1.54) is 12.1 Å². The molecule has 0 saturated heterocycles. The summed E-state index contributed by atoms with van der Waals surface area (Å²) in [6.45, 7) is 0. The van der Waals surface area contributed by atoms with E-state index in [9.17, 15) is 26.3 Å². The van der Waals surface area contributed by atoms with Crippen molar-refractivity contribution in [2.24, 2.45) is 0 Å². The second kappa shape index (κ2) is 4.82. The molecule has 2 nitrogen and oxygen atoms in total. The van der Waals surface area contributed by atoms with Gasteiger partial charge in [0.15, 0.2) is 0 Å². The number of rotatable bonds is 4. The molecule has 0 N–H and O–H groups in total. The largest absolute Gasteiger partial charge is 0.525 e. The van der Waals surface area contributed by atoms with Crippen molar-refractivity contribution in [3.63, 3.8) is 0 Å². The van der Waals surface area contributed by atoms with Crippen LogP contribution in [0.2, 0.25) is 0 Å². The number of hydrogen-bond acceptors (Lipinski definition) is 2. The molecule has 0 aromatic heterocycles. The van der Waals surface area contributed by atoms with Gasteiger partial charge in [0.05, 0.1) is 0 Å². The van der Waals surface area contributed by atoms with Crippen molar-refractivity contribution in [3.8, 4) is 5.75 Å². The number of hydrogen-bond donors (Lipinski definition) is 0. The van der Waals surface area contributed by atoms with Crippen LogP contribution in [0.3, 0.4) is 0 Å². The van der Waals surface area contributed by atoms with Crippen LogP contribution < -0.4 is 4.74 Å². The van der Waals surface area contributed by atoms with Crippen LogP contribution >= 0.6 is 0 Å². The summed E-state index contributed by atoms with van der Waals surface area (Å²) < 4.78 is 79.0. The van der Waals surface area contributed by atoms with Gasteiger partial charge in [-0.3, -0.25) is 0 Å². The maximum atomic E-state index is 12.8. The van der Waals surface area contributed by atoms with Crippen molar-refractivity contribution in [2.75, 3.05) is 0 Å². The van der Waals surface area contributed by atoms with Crippen LogP contribution in [-0.2, 0) is 4.74 Å². The minimum Gasteiger partial charge on any atom is -0.429 e. The molecule has 1 atom stereocenters. The molecule has 17 heavy (non-hydrogen) atoms. The van der Waals surface area contributed by atoms with E-state index >= 15 is 0 Å². The Labute approximate surface area is 91.7 Å². The minimum absolute atomic E-state index is 0.512. The first kappa shape index (κ1) is 13.6. The fourth-order valence-corrected chi connectivity index (χ4v) is 0.829. The highest BCUT2D eigenvalue weighted by atomic mass is 19.4. The first-order valence-corrected chi connectivity index (χ1v) is 4.12. The second-order valence-electron chi connectivity index (χ2n) is 2.78. The molecule has 0 aliphatic heterocycles. The molecule has 0 amide bonds. The zero-order valence-corrected chi connectivity index (χ0v) is 7.97. The van der Waals surface area contributed by atoms with E-state index in [2.05, 4.69) is 15.5 Å². The van der Waals surface area contributed by atoms with Crippen molar-refractivity contribution in [2.45, 2.75) is 18.8 Å². The topological polar surface area (TPSA) is 18.5 Å². The molecule has 0 saturated carbocycles. The lowest BCUT2D eigenvalue weighted by molar-refractivity contribution is -0.411. The first-order chi connectivity index (χ1) is 7.71. The third-order valence-corrected chi connectivity index (χ3v) is 1.44. The second-order valence-corrected chi connectivity index (χ2v) is 2.78. The van der Waals surface area contributed by atoms with Crippen LogP contribution in [0.4, 0.5) is 26.3 Å². The summed E-state index contributed by atoms with van der Waals surface area (Å²) in [7, 11) is 0. The Hall–Kier alpha value is -1.44. The predicted octanol–water partition coefficient (Wildman–Crippen LogP) is 3.29. The van der Waals surface area contributed by atoms with E-state index < -0.39 is 24.6 Å². The molecular weight excluding hydrogens is 254 g/mol. The summed E-state index contributed by atoms with van der Waals surface area (Å²) >= 11 is 0. The zero-order valence-electron chi connectivity index (χ0n) is 7.97. The molecule has 8 heteroatoms. The Morgan fingerprint density at radius 3 is 2.06 bits per heavy atom. The van der Waals surface area contributed by atoms with Crippen molar-refractivity contribution in [3.05, 3.63) is 30.3 Å². The van der Waals surface area contributed by atoms with Gasteiger partial charge < -0.3 is 4.74 Å². The SMILES string of the molecule is FC(OC(F)(F)F)C(F)(F)Oc1cc[c]cc1. The van der Waals surface area contributed by atoms with Gasteiger partial charge in [0, 0.05) is 0 Å². The molecule has 1 rings (SSSR count). The Balaban J connectivity index is 2.68. The van der Waals surface area contributed by atoms with Gasteiger partial charge in [-0.05, 0) is 18.2 Å². The highest BCUT2D eigenvalue weighted by Crippen LogP contribution is 2.31. The molecule has 0 bridgehead atoms. The third-order valence-electron chi connectivity index (χ3n) is 1.44. The van der Waals surface area contributed by atoms with Gasteiger partial charge in [-0.1, -0.05) is 12.1 Å². The van der Waals surface area contributed by atoms with Crippen molar-refractivity contribution in [1.82, 2.24) is 0 Å². The maximum absolute atomic E-state index is 12.8. The maximum Gasteiger partial charge on any atom is 0.525 e. The molecule has 0 fully saturated rings. The Morgan fingerprint density at radius 2 is 1.59 bits per heavy atom. The summed E-state index contributed by atoms with van der Waals surface area (Å²) in [4.78, 5) is 0. The summed E-state index contributed by atoms with van der Waals surface area (Å²) in [5.41, 5.74) is 0. The van der Waals surface area contributed by atoms with E-state index in [4.69, 9.17) is 0 Å². The quantitative estimate of drug-likeness (QED) is 0.772. The molecule has 1 radical (unpaired) electrons. The lowest BCUT2D eigenvalue weighted by Gasteiger charge is -2.22. The fourth-order valence-electron chi connectivity index (χ4n) is 0.829. The molecule has 95 valence electrons. The Kier molecular flexibility index (Phi) is 3.87. The van der Waals surface area contributed by atoms with Gasteiger partial charge >= 0.3 is 18.8 Å². The van der Waals surface area contributed by atoms with Gasteiger partial charge in [-0.15, -0.1) is 13.2 Å². The highest BCUT2D eigenvalue weighted by Gasteiger charge is 2.50. The van der Waals surface area contributed by atoms with Crippen LogP contribution in [0.25, 0.3) is 0 Å². The van der Waals surface area contributed by atoms with E-state index in [0.717, 1.165) is 12.1 Å². The van der Waals surface area contributed by atoms with Crippen LogP contribution in [0.5, 0.6) is 5.75 Å². The summed E-state index contributed by atoms with van der Waals surface area (Å²) in [6.07, 6.45) is -14.2. The summed E-state index contributed by atoms with van der Waals surface area (Å²) in [5, 5.41) is 0. The van der Waals surface area contributed by atoms with E-state index in [0.29, 0.717) is 0 Å². The Bertz CT molecular complexity index is 350. The highest BCUT2D eigenvalue weighted by molar-refractivity contribution is 5.20. The average molecular weight is 259 g/mol. The third kappa shape index (κ3) is 4.51. The first-order valence-electron chi connectivity index (χ1n) is 4.12. The summed E-state index contributed by atoms with van der Waals surface area (Å²) in [5.74, 6) is -0.512. The van der Waals surface area contributed by atoms with Crippen molar-refractivity contribution < 1.29 is 35.8 Å². The molecule has 0 heterocycles. The van der Waals surface area contributed by atoms with Crippen molar-refractivity contribution in [1.29, 1.82) is 0 Å². The van der Waals surface area contributed by atoms with E-state index in [1.807, 2.05) is 0 Å². The number of alkyl halides is 6. The average Bonchev–Trinajstić information content (AvgIpc) is 2.15. The van der Waals surface area contributed by atoms with Gasteiger partial charge in [0.25, 0.3) is 0 Å². The molecule has 0 aliphatic carbocycles. The molecular formula is C9H5F6O2. The zero-order chi connectivity index (χ0) is 13.1. The normalized spacial score (nSPS) is 14.5. The molecule has 0 spiro atoms. The van der Waals surface area contributed by atoms with Gasteiger partial charge in [-0.25, -0.2) is 9.13 Å². The summed E-state index contributed by atoms with van der Waals surface area (Å²) in [6, 6.07) is 6.76. The minimum atomic E-state index is -5.52. The number of benzene rings is 1. The Morgan fingerprint density at radius 1 is 1.06 bits per heavy atom. The van der Waals surface area contributed by atoms with Crippen LogP contribution in [0.1, 0.15) is 0 Å². The van der Waals surface area contributed by atoms with Gasteiger partial charge in [-0.2, -0.15) is 8.78 Å². The lowest BCUT2D eigenvalue weighted by atomic mass is 10.3.